The number of aromatic amines is 1. The van der Waals surface area contributed by atoms with Gasteiger partial charge in [-0.1, -0.05) is 6.07 Å². The number of rotatable bonds is 4. The lowest BCUT2D eigenvalue weighted by Gasteiger charge is -2.28. The molecule has 0 bridgehead atoms. The van der Waals surface area contributed by atoms with Crippen molar-refractivity contribution in [2.75, 3.05) is 0 Å². The Bertz CT molecular complexity index is 1060. The molecule has 3 aromatic rings. The number of H-pyrrole nitrogens is 1. The van der Waals surface area contributed by atoms with Crippen LogP contribution in [0.1, 0.15) is 36.2 Å². The lowest BCUT2D eigenvalue weighted by Crippen LogP contribution is -2.40. The maximum atomic E-state index is 14.0. The zero-order valence-electron chi connectivity index (χ0n) is 15.5. The van der Waals surface area contributed by atoms with E-state index in [0.29, 0.717) is 47.7 Å². The fraction of sp³-hybridized carbons (Fsp3) is 0.300. The van der Waals surface area contributed by atoms with Crippen LogP contribution in [0.15, 0.2) is 36.5 Å². The number of pyridine rings is 1. The maximum Gasteiger partial charge on any atom is 0.404 e. The van der Waals surface area contributed by atoms with Crippen molar-refractivity contribution in [3.05, 3.63) is 48.2 Å². The molecule has 29 heavy (non-hydrogen) atoms. The van der Waals surface area contributed by atoms with Crippen LogP contribution in [0.2, 0.25) is 0 Å². The van der Waals surface area contributed by atoms with Gasteiger partial charge in [0.25, 0.3) is 5.91 Å². The topological polar surface area (TPSA) is 123 Å². The third kappa shape index (κ3) is 4.03. The Kier molecular flexibility index (Phi) is 5.11. The van der Waals surface area contributed by atoms with Crippen LogP contribution >= 0.6 is 0 Å². The molecule has 2 aromatic heterocycles. The van der Waals surface area contributed by atoms with Gasteiger partial charge in [0, 0.05) is 23.2 Å². The van der Waals surface area contributed by atoms with E-state index in [9.17, 15) is 14.0 Å². The summed E-state index contributed by atoms with van der Waals surface area (Å²) in [7, 11) is 0. The summed E-state index contributed by atoms with van der Waals surface area (Å²) in [4.78, 5) is 27.3. The van der Waals surface area contributed by atoms with Crippen LogP contribution < -0.4 is 11.1 Å². The second-order valence-electron chi connectivity index (χ2n) is 7.06. The molecule has 8 nitrogen and oxygen atoms in total. The second-order valence-corrected chi connectivity index (χ2v) is 7.06. The predicted octanol–water partition coefficient (Wildman–Crippen LogP) is 2.90. The summed E-state index contributed by atoms with van der Waals surface area (Å²) in [6.45, 7) is 0. The normalized spacial score (nSPS) is 19.1. The van der Waals surface area contributed by atoms with E-state index in [4.69, 9.17) is 10.5 Å². The Labute approximate surface area is 165 Å². The molecule has 0 atom stereocenters. The third-order valence-electron chi connectivity index (χ3n) is 5.14. The molecule has 2 heterocycles. The van der Waals surface area contributed by atoms with Crippen molar-refractivity contribution in [1.29, 1.82) is 0 Å². The molecule has 0 saturated heterocycles. The Balaban J connectivity index is 1.51. The fourth-order valence-corrected chi connectivity index (χ4v) is 3.70. The summed E-state index contributed by atoms with van der Waals surface area (Å²) in [6, 6.07) is 8.49. The van der Waals surface area contributed by atoms with Crippen molar-refractivity contribution in [3.63, 3.8) is 0 Å². The molecule has 1 saturated carbocycles. The first-order chi connectivity index (χ1) is 14.0. The molecule has 0 aliphatic heterocycles. The van der Waals surface area contributed by atoms with Gasteiger partial charge in [0.2, 0.25) is 5.95 Å². The molecule has 1 aliphatic carbocycles. The van der Waals surface area contributed by atoms with E-state index < -0.39 is 12.0 Å². The molecule has 0 spiro atoms. The van der Waals surface area contributed by atoms with Crippen molar-refractivity contribution >= 4 is 22.9 Å². The summed E-state index contributed by atoms with van der Waals surface area (Å²) < 4.78 is 19.0. The van der Waals surface area contributed by atoms with Gasteiger partial charge in [-0.15, -0.1) is 0 Å². The minimum Gasteiger partial charge on any atom is -0.446 e. The molecule has 0 unspecified atom stereocenters. The molecule has 1 fully saturated rings. The van der Waals surface area contributed by atoms with Gasteiger partial charge in [-0.3, -0.25) is 9.89 Å². The van der Waals surface area contributed by atoms with E-state index >= 15 is 0 Å². The Morgan fingerprint density at radius 2 is 2.00 bits per heavy atom. The van der Waals surface area contributed by atoms with E-state index in [2.05, 4.69) is 20.5 Å². The molecule has 1 aromatic carbocycles. The zero-order chi connectivity index (χ0) is 20.4. The van der Waals surface area contributed by atoms with Crippen LogP contribution in [-0.4, -0.2) is 39.3 Å². The summed E-state index contributed by atoms with van der Waals surface area (Å²) >= 11 is 0. The number of fused-ring (bicyclic) bond motifs is 1. The highest BCUT2D eigenvalue weighted by Gasteiger charge is 2.26. The quantitative estimate of drug-likeness (QED) is 0.584. The number of nitrogens with two attached hydrogens (primary N) is 1. The monoisotopic (exact) mass is 397 g/mol. The van der Waals surface area contributed by atoms with E-state index in [1.807, 2.05) is 0 Å². The van der Waals surface area contributed by atoms with Crippen LogP contribution in [-0.2, 0) is 4.74 Å². The lowest BCUT2D eigenvalue weighted by molar-refractivity contribution is 0.0709. The van der Waals surface area contributed by atoms with Crippen molar-refractivity contribution in [1.82, 2.24) is 20.5 Å². The van der Waals surface area contributed by atoms with E-state index in [0.717, 1.165) is 0 Å². The zero-order valence-corrected chi connectivity index (χ0v) is 15.5. The SMILES string of the molecule is NC(=O)O[C@H]1CC[C@H](NC(=O)c2n[nH]c3ccc(-c4cccnc4F)cc23)CC1. The number of benzene rings is 1. The maximum absolute atomic E-state index is 14.0. The van der Waals surface area contributed by atoms with Gasteiger partial charge in [0.1, 0.15) is 6.10 Å². The number of nitrogens with zero attached hydrogens (tertiary/aromatic N) is 2. The number of halogens is 1. The highest BCUT2D eigenvalue weighted by atomic mass is 19.1. The number of hydrogen-bond acceptors (Lipinski definition) is 5. The Hall–Kier alpha value is -3.49. The number of carbonyl (C=O) groups excluding carboxylic acids is 2. The smallest absolute Gasteiger partial charge is 0.404 e. The van der Waals surface area contributed by atoms with Crippen LogP contribution in [0.25, 0.3) is 22.0 Å². The van der Waals surface area contributed by atoms with E-state index in [1.165, 1.54) is 6.20 Å². The number of nitrogens with one attached hydrogen (secondary N) is 2. The minimum absolute atomic E-state index is 0.0408. The largest absolute Gasteiger partial charge is 0.446 e. The standard InChI is InChI=1S/C20H20FN5O3/c21-18-14(2-1-9-23-18)11-3-8-16-15(10-11)17(26-25-16)19(27)24-12-4-6-13(7-5-12)29-20(22)28/h1-3,8-10,12-13H,4-7H2,(H2,22,28)(H,24,27)(H,25,26)/t12-,13-. The fourth-order valence-electron chi connectivity index (χ4n) is 3.70. The summed E-state index contributed by atoms with van der Waals surface area (Å²) in [6.07, 6.45) is 3.04. The van der Waals surface area contributed by atoms with Crippen LogP contribution in [0.4, 0.5) is 9.18 Å². The van der Waals surface area contributed by atoms with Crippen molar-refractivity contribution in [3.8, 4) is 11.1 Å². The van der Waals surface area contributed by atoms with Crippen molar-refractivity contribution in [2.24, 2.45) is 5.73 Å². The highest BCUT2D eigenvalue weighted by molar-refractivity contribution is 6.05. The van der Waals surface area contributed by atoms with Crippen molar-refractivity contribution in [2.45, 2.75) is 37.8 Å². The second kappa shape index (κ2) is 7.86. The van der Waals surface area contributed by atoms with Gasteiger partial charge >= 0.3 is 6.09 Å². The van der Waals surface area contributed by atoms with Gasteiger partial charge < -0.3 is 15.8 Å². The van der Waals surface area contributed by atoms with Crippen LogP contribution in [0.5, 0.6) is 0 Å². The number of aromatic nitrogens is 3. The first-order valence-electron chi connectivity index (χ1n) is 9.37. The number of ether oxygens (including phenoxy) is 1. The number of primary amides is 1. The predicted molar refractivity (Wildman–Crippen MR) is 103 cm³/mol. The molecule has 0 radical (unpaired) electrons. The Morgan fingerprint density at radius 1 is 1.21 bits per heavy atom. The molecule has 150 valence electrons. The van der Waals surface area contributed by atoms with Gasteiger partial charge in [-0.2, -0.15) is 9.49 Å². The van der Waals surface area contributed by atoms with Crippen LogP contribution in [0, 0.1) is 5.95 Å². The Morgan fingerprint density at radius 3 is 2.72 bits per heavy atom. The lowest BCUT2D eigenvalue weighted by atomic mass is 9.93. The molecule has 2 amide bonds. The molecule has 1 aliphatic rings. The number of amides is 2. The molecule has 9 heteroatoms. The third-order valence-corrected chi connectivity index (χ3v) is 5.14. The molecular formula is C20H20FN5O3. The molecule has 4 N–H and O–H groups in total. The van der Waals surface area contributed by atoms with Gasteiger partial charge in [-0.25, -0.2) is 9.78 Å². The number of carbonyl (C=O) groups is 2. The summed E-state index contributed by atoms with van der Waals surface area (Å²) in [5.74, 6) is -0.879. The molecule has 4 rings (SSSR count). The number of hydrogen-bond donors (Lipinski definition) is 3. The summed E-state index contributed by atoms with van der Waals surface area (Å²) in [5.41, 5.74) is 6.95. The average molecular weight is 397 g/mol. The van der Waals surface area contributed by atoms with E-state index in [-0.39, 0.29) is 23.7 Å². The van der Waals surface area contributed by atoms with Gasteiger partial charge in [-0.05, 0) is 55.5 Å². The average Bonchev–Trinajstić information content (AvgIpc) is 3.13. The van der Waals surface area contributed by atoms with Gasteiger partial charge in [0.05, 0.1) is 5.52 Å². The first kappa shape index (κ1) is 18.9. The summed E-state index contributed by atoms with van der Waals surface area (Å²) in [5, 5.41) is 10.6. The highest BCUT2D eigenvalue weighted by Crippen LogP contribution is 2.27. The van der Waals surface area contributed by atoms with E-state index in [1.54, 1.807) is 30.3 Å². The minimum atomic E-state index is -0.777. The van der Waals surface area contributed by atoms with Crippen molar-refractivity contribution < 1.29 is 18.7 Å². The van der Waals surface area contributed by atoms with Crippen LogP contribution in [0.3, 0.4) is 0 Å². The first-order valence-corrected chi connectivity index (χ1v) is 9.37. The van der Waals surface area contributed by atoms with Gasteiger partial charge in [0.15, 0.2) is 5.69 Å². The molecular weight excluding hydrogens is 377 g/mol.